The molecule has 1 N–H and O–H groups in total. The van der Waals surface area contributed by atoms with Crippen molar-refractivity contribution >= 4 is 23.6 Å². The molecule has 1 saturated heterocycles. The number of amides is 2. The van der Waals surface area contributed by atoms with E-state index in [2.05, 4.69) is 9.80 Å². The number of rotatable bonds is 14. The van der Waals surface area contributed by atoms with Crippen LogP contribution in [0.2, 0.25) is 0 Å². The van der Waals surface area contributed by atoms with Crippen LogP contribution in [0.1, 0.15) is 27.8 Å². The van der Waals surface area contributed by atoms with Gasteiger partial charge in [0.25, 0.3) is 0 Å². The molecular weight excluding hydrogens is 669 g/mol. The topological polar surface area (TPSA) is 76.6 Å². The third kappa shape index (κ3) is 10.9. The number of morpholine rings is 1. The Labute approximate surface area is 303 Å². The second-order valence-corrected chi connectivity index (χ2v) is 13.1. The van der Waals surface area contributed by atoms with E-state index < -0.39 is 23.7 Å². The maximum Gasteiger partial charge on any atom is 0.416 e. The van der Waals surface area contributed by atoms with Crippen LogP contribution < -0.4 is 4.90 Å². The van der Waals surface area contributed by atoms with Gasteiger partial charge in [0.15, 0.2) is 0 Å². The van der Waals surface area contributed by atoms with Crippen LogP contribution in [0.15, 0.2) is 109 Å². The monoisotopic (exact) mass is 714 g/mol. The summed E-state index contributed by atoms with van der Waals surface area (Å²) in [7, 11) is 3.68. The van der Waals surface area contributed by atoms with Crippen molar-refractivity contribution in [3.63, 3.8) is 0 Å². The predicted octanol–water partition coefficient (Wildman–Crippen LogP) is 6.49. The molecule has 0 saturated carbocycles. The lowest BCUT2D eigenvalue weighted by atomic mass is 10.0. The van der Waals surface area contributed by atoms with Crippen molar-refractivity contribution in [1.29, 1.82) is 0 Å². The van der Waals surface area contributed by atoms with Gasteiger partial charge in [-0.25, -0.2) is 0 Å². The van der Waals surface area contributed by atoms with Gasteiger partial charge in [0.05, 0.1) is 18.8 Å². The Bertz CT molecular complexity index is 1760. The number of hydrogen-bond donors (Lipinski definition) is 1. The summed E-state index contributed by atoms with van der Waals surface area (Å²) in [6.07, 6.45) is -1.41. The average molecular weight is 715 g/mol. The van der Waals surface area contributed by atoms with Crippen molar-refractivity contribution in [2.75, 3.05) is 58.4 Å². The van der Waals surface area contributed by atoms with Crippen molar-refractivity contribution in [3.8, 4) is 5.75 Å². The van der Waals surface area contributed by atoms with Crippen LogP contribution in [0.25, 0.3) is 6.08 Å². The molecule has 52 heavy (non-hydrogen) atoms. The maximum absolute atomic E-state index is 14.4. The number of ether oxygens (including phenoxy) is 1. The van der Waals surface area contributed by atoms with Crippen LogP contribution in [0.3, 0.4) is 0 Å². The number of alkyl halides is 3. The number of phenolic OH excluding ortho intramolecular Hbond substituents is 1. The highest BCUT2D eigenvalue weighted by Crippen LogP contribution is 2.29. The minimum absolute atomic E-state index is 0.136. The van der Waals surface area contributed by atoms with Crippen LogP contribution in [0, 0.1) is 0 Å². The van der Waals surface area contributed by atoms with E-state index in [9.17, 15) is 27.9 Å². The minimum atomic E-state index is -4.47. The van der Waals surface area contributed by atoms with E-state index in [-0.39, 0.29) is 24.6 Å². The van der Waals surface area contributed by atoms with Crippen molar-refractivity contribution < 1.29 is 32.6 Å². The third-order valence-electron chi connectivity index (χ3n) is 9.12. The van der Waals surface area contributed by atoms with Crippen LogP contribution in [-0.4, -0.2) is 91.2 Å². The number of nitrogens with zero attached hydrogens (tertiary/aromatic N) is 4. The van der Waals surface area contributed by atoms with Crippen LogP contribution in [0.4, 0.5) is 18.9 Å². The van der Waals surface area contributed by atoms with Gasteiger partial charge in [-0.15, -0.1) is 0 Å². The zero-order valence-electron chi connectivity index (χ0n) is 29.5. The number of carbonyl (C=O) groups is 2. The van der Waals surface area contributed by atoms with Crippen LogP contribution in [0.5, 0.6) is 5.75 Å². The smallest absolute Gasteiger partial charge is 0.416 e. The summed E-state index contributed by atoms with van der Waals surface area (Å²) in [6, 6.07) is 28.1. The molecule has 0 spiro atoms. The van der Waals surface area contributed by atoms with Gasteiger partial charge in [0.2, 0.25) is 11.8 Å². The number of phenols is 1. The molecule has 0 bridgehead atoms. The summed E-state index contributed by atoms with van der Waals surface area (Å²) in [5.41, 5.74) is 3.42. The molecule has 1 heterocycles. The van der Waals surface area contributed by atoms with Crippen molar-refractivity contribution in [1.82, 2.24) is 14.7 Å². The third-order valence-corrected chi connectivity index (χ3v) is 9.12. The molecular formula is C41H45F3N4O4. The van der Waals surface area contributed by atoms with Gasteiger partial charge in [-0.3, -0.25) is 9.59 Å². The molecule has 4 aromatic carbocycles. The van der Waals surface area contributed by atoms with E-state index >= 15 is 0 Å². The lowest BCUT2D eigenvalue weighted by Crippen LogP contribution is -2.51. The maximum atomic E-state index is 14.4. The van der Waals surface area contributed by atoms with Gasteiger partial charge in [-0.05, 0) is 71.8 Å². The minimum Gasteiger partial charge on any atom is -0.508 e. The van der Waals surface area contributed by atoms with E-state index in [0.29, 0.717) is 38.4 Å². The Kier molecular flexibility index (Phi) is 13.1. The van der Waals surface area contributed by atoms with E-state index in [1.165, 1.54) is 24.3 Å². The standard InChI is InChI=1S/C41H45F3N4O4/c1-45(29-33-12-19-37(49)20-13-33)22-23-46(2)40(51)38(28-32-6-4-3-5-7-32)48(30-34-10-17-36(18-11-34)47-24-26-52-27-25-47)39(50)21-14-31-8-15-35(16-9-31)41(42,43)44/h3-21,38,49H,22-30H2,1-2H3. The van der Waals surface area contributed by atoms with Crippen LogP contribution in [-0.2, 0) is 40.0 Å². The first-order valence-electron chi connectivity index (χ1n) is 17.3. The van der Waals surface area contributed by atoms with Crippen molar-refractivity contribution in [2.45, 2.75) is 31.7 Å². The number of aromatic hydroxyl groups is 1. The number of benzene rings is 4. The Balaban J connectivity index is 1.40. The van der Waals surface area contributed by atoms with E-state index in [0.717, 1.165) is 47.6 Å². The molecule has 5 rings (SSSR count). The molecule has 2 amide bonds. The quantitative estimate of drug-likeness (QED) is 0.151. The Morgan fingerprint density at radius 2 is 1.42 bits per heavy atom. The SMILES string of the molecule is CN(CCN(C)C(=O)C(Cc1ccccc1)N(Cc1ccc(N2CCOCC2)cc1)C(=O)C=Cc1ccc(C(F)(F)F)cc1)Cc1ccc(O)cc1. The molecule has 1 aliphatic heterocycles. The Morgan fingerprint density at radius 1 is 0.808 bits per heavy atom. The zero-order chi connectivity index (χ0) is 37.1. The fourth-order valence-electron chi connectivity index (χ4n) is 6.06. The number of hydrogen-bond acceptors (Lipinski definition) is 6. The van der Waals surface area contributed by atoms with Crippen LogP contribution >= 0.6 is 0 Å². The number of anilines is 1. The summed E-state index contributed by atoms with van der Waals surface area (Å²) in [6.45, 7) is 4.58. The zero-order valence-corrected chi connectivity index (χ0v) is 29.5. The predicted molar refractivity (Wildman–Crippen MR) is 197 cm³/mol. The fraction of sp³-hybridized carbons (Fsp3) is 0.317. The second-order valence-electron chi connectivity index (χ2n) is 13.1. The molecule has 1 unspecified atom stereocenters. The lowest BCUT2D eigenvalue weighted by molar-refractivity contribution is -0.143. The van der Waals surface area contributed by atoms with Gasteiger partial charge in [-0.2, -0.15) is 13.2 Å². The van der Waals surface area contributed by atoms with Gasteiger partial charge >= 0.3 is 6.18 Å². The Morgan fingerprint density at radius 3 is 2.06 bits per heavy atom. The highest BCUT2D eigenvalue weighted by molar-refractivity contribution is 5.95. The molecule has 11 heteroatoms. The molecule has 1 fully saturated rings. The second kappa shape index (κ2) is 17.9. The molecule has 0 aromatic heterocycles. The van der Waals surface area contributed by atoms with E-state index in [1.807, 2.05) is 73.8 Å². The molecule has 1 aliphatic rings. The number of carbonyl (C=O) groups excluding carboxylic acids is 2. The molecule has 0 radical (unpaired) electrons. The summed E-state index contributed by atoms with van der Waals surface area (Å²) in [5, 5.41) is 9.62. The van der Waals surface area contributed by atoms with Gasteiger partial charge in [-0.1, -0.05) is 66.7 Å². The molecule has 8 nitrogen and oxygen atoms in total. The fourth-order valence-corrected chi connectivity index (χ4v) is 6.06. The first-order chi connectivity index (χ1) is 25.0. The molecule has 0 aliphatic carbocycles. The molecule has 4 aromatic rings. The summed E-state index contributed by atoms with van der Waals surface area (Å²) >= 11 is 0. The first-order valence-corrected chi connectivity index (χ1v) is 17.3. The first kappa shape index (κ1) is 38.1. The van der Waals surface area contributed by atoms with E-state index in [4.69, 9.17) is 4.74 Å². The summed E-state index contributed by atoms with van der Waals surface area (Å²) in [5.74, 6) is -0.477. The van der Waals surface area contributed by atoms with Gasteiger partial charge in [0, 0.05) is 64.5 Å². The largest absolute Gasteiger partial charge is 0.508 e. The highest BCUT2D eigenvalue weighted by atomic mass is 19.4. The van der Waals surface area contributed by atoms with Crippen molar-refractivity contribution in [3.05, 3.63) is 137 Å². The van der Waals surface area contributed by atoms with Gasteiger partial charge in [0.1, 0.15) is 11.8 Å². The molecule has 274 valence electrons. The summed E-state index contributed by atoms with van der Waals surface area (Å²) < 4.78 is 45.0. The normalized spacial score (nSPS) is 14.1. The summed E-state index contributed by atoms with van der Waals surface area (Å²) in [4.78, 5) is 36.1. The number of likely N-dealkylation sites (N-methyl/N-ethyl adjacent to an activating group) is 2. The highest BCUT2D eigenvalue weighted by Gasteiger charge is 2.32. The number of halogens is 3. The average Bonchev–Trinajstić information content (AvgIpc) is 3.15. The lowest BCUT2D eigenvalue weighted by Gasteiger charge is -2.34. The van der Waals surface area contributed by atoms with Gasteiger partial charge < -0.3 is 29.4 Å². The van der Waals surface area contributed by atoms with Crippen molar-refractivity contribution in [2.24, 2.45) is 0 Å². The van der Waals surface area contributed by atoms with E-state index in [1.54, 1.807) is 29.0 Å². The Hall–Kier alpha value is -5.13. The molecule has 1 atom stereocenters.